The number of anilines is 1. The maximum Gasteiger partial charge on any atom is 0.335 e. The Balaban J connectivity index is 1.88. The largest absolute Gasteiger partial charge is 0.478 e. The lowest BCUT2D eigenvalue weighted by atomic mass is 9.77. The fraction of sp³-hybridized carbons (Fsp3) is 0.261. The standard InChI is InChI=1S/C23H20ClNO4/c1-13-5-7-14(8-6-13)16-12-21(27)25(18-3-2-4-20(26)22(16)18)19-11-15(23(28)29)9-10-17(19)24/h5-11,16H,2-4,12H2,1H3,(H,28,29). The van der Waals surface area contributed by atoms with E-state index >= 15 is 0 Å². The monoisotopic (exact) mass is 409 g/mol. The highest BCUT2D eigenvalue weighted by molar-refractivity contribution is 6.34. The van der Waals surface area contributed by atoms with Gasteiger partial charge in [-0.25, -0.2) is 4.79 Å². The summed E-state index contributed by atoms with van der Waals surface area (Å²) in [5.74, 6) is -1.53. The molecule has 0 fully saturated rings. The molecule has 148 valence electrons. The Bertz CT molecular complexity index is 1060. The van der Waals surface area contributed by atoms with Crippen molar-refractivity contribution >= 4 is 34.9 Å². The Morgan fingerprint density at radius 1 is 1.10 bits per heavy atom. The smallest absolute Gasteiger partial charge is 0.335 e. The number of Topliss-reactive ketones (excluding diaryl/α,β-unsaturated/α-hetero) is 1. The first-order chi connectivity index (χ1) is 13.9. The van der Waals surface area contributed by atoms with Crippen molar-refractivity contribution in [3.63, 3.8) is 0 Å². The number of carbonyl (C=O) groups excluding carboxylic acids is 2. The van der Waals surface area contributed by atoms with Crippen LogP contribution in [0.2, 0.25) is 5.02 Å². The summed E-state index contributed by atoms with van der Waals surface area (Å²) in [5, 5.41) is 9.62. The van der Waals surface area contributed by atoms with Gasteiger partial charge < -0.3 is 5.11 Å². The second kappa shape index (κ2) is 7.48. The molecule has 2 aromatic carbocycles. The Kier molecular flexibility index (Phi) is 5.01. The van der Waals surface area contributed by atoms with Crippen LogP contribution < -0.4 is 4.90 Å². The Hall–Kier alpha value is -2.92. The maximum atomic E-state index is 13.2. The summed E-state index contributed by atoms with van der Waals surface area (Å²) >= 11 is 6.34. The summed E-state index contributed by atoms with van der Waals surface area (Å²) in [4.78, 5) is 39.0. The van der Waals surface area contributed by atoms with Crippen molar-refractivity contribution in [1.29, 1.82) is 0 Å². The van der Waals surface area contributed by atoms with Gasteiger partial charge in [-0.1, -0.05) is 41.4 Å². The zero-order valence-electron chi connectivity index (χ0n) is 15.9. The Morgan fingerprint density at radius 2 is 1.83 bits per heavy atom. The predicted molar refractivity (Wildman–Crippen MR) is 110 cm³/mol. The number of aromatic carboxylic acids is 1. The highest BCUT2D eigenvalue weighted by atomic mass is 35.5. The molecule has 2 aromatic rings. The lowest BCUT2D eigenvalue weighted by Gasteiger charge is -2.38. The van der Waals surface area contributed by atoms with Crippen LogP contribution in [0.25, 0.3) is 0 Å². The van der Waals surface area contributed by atoms with Crippen LogP contribution in [0.1, 0.15) is 53.1 Å². The second-order valence-corrected chi connectivity index (χ2v) is 7.91. The molecule has 1 unspecified atom stereocenters. The molecular weight excluding hydrogens is 390 g/mol. The number of amides is 1. The summed E-state index contributed by atoms with van der Waals surface area (Å²) in [5.41, 5.74) is 3.71. The highest BCUT2D eigenvalue weighted by Crippen LogP contribution is 2.44. The summed E-state index contributed by atoms with van der Waals surface area (Å²) < 4.78 is 0. The molecule has 0 bridgehead atoms. The van der Waals surface area contributed by atoms with E-state index in [0.29, 0.717) is 36.2 Å². The van der Waals surface area contributed by atoms with Gasteiger partial charge in [0.05, 0.1) is 16.3 Å². The normalized spacial score (nSPS) is 19.4. The van der Waals surface area contributed by atoms with Crippen molar-refractivity contribution in [2.75, 3.05) is 4.90 Å². The molecule has 1 aliphatic heterocycles. The third-order valence-electron chi connectivity index (χ3n) is 5.59. The molecule has 1 N–H and O–H groups in total. The van der Waals surface area contributed by atoms with E-state index in [2.05, 4.69) is 0 Å². The van der Waals surface area contributed by atoms with Gasteiger partial charge in [0, 0.05) is 30.0 Å². The van der Waals surface area contributed by atoms with Gasteiger partial charge in [-0.05, 0) is 43.5 Å². The number of allylic oxidation sites excluding steroid dienone is 2. The zero-order chi connectivity index (χ0) is 20.7. The minimum absolute atomic E-state index is 0.0415. The number of halogens is 1. The van der Waals surface area contributed by atoms with Crippen LogP contribution in [0.15, 0.2) is 53.7 Å². The quantitative estimate of drug-likeness (QED) is 0.784. The molecule has 1 aliphatic carbocycles. The molecule has 2 aliphatic rings. The van der Waals surface area contributed by atoms with Crippen LogP contribution in [-0.2, 0) is 9.59 Å². The van der Waals surface area contributed by atoms with Gasteiger partial charge in [0.2, 0.25) is 5.91 Å². The SMILES string of the molecule is Cc1ccc(C2CC(=O)N(c3cc(C(=O)O)ccc3Cl)C3=C2C(=O)CCC3)cc1. The van der Waals surface area contributed by atoms with Gasteiger partial charge in [-0.2, -0.15) is 0 Å². The number of rotatable bonds is 3. The summed E-state index contributed by atoms with van der Waals surface area (Å²) in [6.07, 6.45) is 1.81. The number of hydrogen-bond acceptors (Lipinski definition) is 3. The topological polar surface area (TPSA) is 74.7 Å². The van der Waals surface area contributed by atoms with Gasteiger partial charge >= 0.3 is 5.97 Å². The van der Waals surface area contributed by atoms with Crippen molar-refractivity contribution in [3.05, 3.63) is 75.4 Å². The number of benzene rings is 2. The van der Waals surface area contributed by atoms with Crippen molar-refractivity contribution in [2.45, 2.75) is 38.5 Å². The molecule has 5 nitrogen and oxygen atoms in total. The molecular formula is C23H20ClNO4. The number of carbonyl (C=O) groups is 3. The minimum atomic E-state index is -1.10. The fourth-order valence-electron chi connectivity index (χ4n) is 4.17. The number of ketones is 1. The first-order valence-corrected chi connectivity index (χ1v) is 9.93. The second-order valence-electron chi connectivity index (χ2n) is 7.50. The first kappa shape index (κ1) is 19.4. The van der Waals surface area contributed by atoms with Gasteiger partial charge in [-0.3, -0.25) is 14.5 Å². The number of carboxylic acids is 1. The zero-order valence-corrected chi connectivity index (χ0v) is 16.7. The fourth-order valence-corrected chi connectivity index (χ4v) is 4.38. The van der Waals surface area contributed by atoms with Gasteiger partial charge in [0.1, 0.15) is 0 Å². The van der Waals surface area contributed by atoms with E-state index in [1.165, 1.54) is 23.1 Å². The van der Waals surface area contributed by atoms with Crippen LogP contribution in [0.3, 0.4) is 0 Å². The van der Waals surface area contributed by atoms with Crippen LogP contribution in [0.4, 0.5) is 5.69 Å². The average molecular weight is 410 g/mol. The molecule has 0 radical (unpaired) electrons. The van der Waals surface area contributed by atoms with Gasteiger partial charge in [0.15, 0.2) is 5.78 Å². The van der Waals surface area contributed by atoms with E-state index in [1.807, 2.05) is 31.2 Å². The van der Waals surface area contributed by atoms with Crippen LogP contribution >= 0.6 is 11.6 Å². The van der Waals surface area contributed by atoms with Crippen molar-refractivity contribution in [3.8, 4) is 0 Å². The van der Waals surface area contributed by atoms with Gasteiger partial charge in [0.25, 0.3) is 0 Å². The van der Waals surface area contributed by atoms with Gasteiger partial charge in [-0.15, -0.1) is 0 Å². The van der Waals surface area contributed by atoms with E-state index < -0.39 is 5.97 Å². The van der Waals surface area contributed by atoms with E-state index in [1.54, 1.807) is 0 Å². The molecule has 6 heteroatoms. The van der Waals surface area contributed by atoms with E-state index in [9.17, 15) is 19.5 Å². The van der Waals surface area contributed by atoms with Crippen molar-refractivity contribution in [2.24, 2.45) is 0 Å². The van der Waals surface area contributed by atoms with E-state index in [0.717, 1.165) is 11.1 Å². The first-order valence-electron chi connectivity index (χ1n) is 9.55. The highest BCUT2D eigenvalue weighted by Gasteiger charge is 2.40. The van der Waals surface area contributed by atoms with Crippen LogP contribution in [0, 0.1) is 6.92 Å². The molecule has 0 spiro atoms. The molecule has 1 atom stereocenters. The Labute approximate surface area is 173 Å². The molecule has 0 saturated heterocycles. The molecule has 0 saturated carbocycles. The lowest BCUT2D eigenvalue weighted by Crippen LogP contribution is -2.40. The molecule has 29 heavy (non-hydrogen) atoms. The van der Waals surface area contributed by atoms with E-state index in [4.69, 9.17) is 11.6 Å². The van der Waals surface area contributed by atoms with E-state index in [-0.39, 0.29) is 34.6 Å². The summed E-state index contributed by atoms with van der Waals surface area (Å²) in [7, 11) is 0. The van der Waals surface area contributed by atoms with Crippen molar-refractivity contribution in [1.82, 2.24) is 0 Å². The number of hydrogen-bond donors (Lipinski definition) is 1. The third kappa shape index (κ3) is 3.47. The molecule has 4 rings (SSSR count). The Morgan fingerprint density at radius 3 is 2.52 bits per heavy atom. The average Bonchev–Trinajstić information content (AvgIpc) is 2.69. The maximum absolute atomic E-state index is 13.2. The number of carboxylic acid groups (broad SMARTS) is 1. The third-order valence-corrected chi connectivity index (χ3v) is 5.91. The molecule has 0 aromatic heterocycles. The number of nitrogens with zero attached hydrogens (tertiary/aromatic N) is 1. The minimum Gasteiger partial charge on any atom is -0.478 e. The predicted octanol–water partition coefficient (Wildman–Crippen LogP) is 4.87. The number of aryl methyl sites for hydroxylation is 1. The molecule has 1 amide bonds. The van der Waals surface area contributed by atoms with Crippen molar-refractivity contribution < 1.29 is 19.5 Å². The van der Waals surface area contributed by atoms with Crippen LogP contribution in [0.5, 0.6) is 0 Å². The molecule has 1 heterocycles. The lowest BCUT2D eigenvalue weighted by molar-refractivity contribution is -0.119. The summed E-state index contributed by atoms with van der Waals surface area (Å²) in [6, 6.07) is 12.2. The van der Waals surface area contributed by atoms with Crippen LogP contribution in [-0.4, -0.2) is 22.8 Å². The summed E-state index contributed by atoms with van der Waals surface area (Å²) in [6.45, 7) is 1.99.